The van der Waals surface area contributed by atoms with Crippen molar-refractivity contribution in [3.8, 4) is 5.88 Å². The molecule has 2 fully saturated rings. The fourth-order valence-electron chi connectivity index (χ4n) is 5.86. The van der Waals surface area contributed by atoms with E-state index in [1.165, 1.54) is 7.11 Å². The quantitative estimate of drug-likeness (QED) is 0.492. The highest BCUT2D eigenvalue weighted by Gasteiger charge is 2.46. The highest BCUT2D eigenvalue weighted by atomic mass is 35.5. The van der Waals surface area contributed by atoms with E-state index in [1.807, 2.05) is 30.1 Å². The van der Waals surface area contributed by atoms with Crippen LogP contribution in [0.15, 0.2) is 30.1 Å². The van der Waals surface area contributed by atoms with E-state index in [1.54, 1.807) is 11.2 Å². The number of methoxy groups -OCH3 is 1. The van der Waals surface area contributed by atoms with Gasteiger partial charge in [0.1, 0.15) is 5.60 Å². The number of benzene rings is 1. The molecule has 2 aromatic rings. The summed E-state index contributed by atoms with van der Waals surface area (Å²) in [7, 11) is 3.33. The summed E-state index contributed by atoms with van der Waals surface area (Å²) in [6.07, 6.45) is -0.934. The summed E-state index contributed by atoms with van der Waals surface area (Å²) in [5, 5.41) is 15.1. The first-order chi connectivity index (χ1) is 18.1. The van der Waals surface area contributed by atoms with Gasteiger partial charge in [-0.1, -0.05) is 17.7 Å². The molecule has 3 aliphatic heterocycles. The fraction of sp³-hybridized carbons (Fsp3) is 0.577. The van der Waals surface area contributed by atoms with Crippen molar-refractivity contribution in [1.82, 2.24) is 25.9 Å². The number of hydrazine groups is 2. The molecular formula is C26H33ClF3N5O3. The minimum Gasteiger partial charge on any atom is -0.481 e. The van der Waals surface area contributed by atoms with E-state index in [0.717, 1.165) is 0 Å². The van der Waals surface area contributed by atoms with Crippen LogP contribution < -0.4 is 15.7 Å². The van der Waals surface area contributed by atoms with Crippen LogP contribution in [0, 0.1) is 11.8 Å². The summed E-state index contributed by atoms with van der Waals surface area (Å²) >= 11 is 6.96. The number of halogens is 4. The second kappa shape index (κ2) is 10.7. The molecule has 8 nitrogen and oxygen atoms in total. The molecular weight excluding hydrogens is 523 g/mol. The van der Waals surface area contributed by atoms with Crippen LogP contribution in [0.3, 0.4) is 0 Å². The molecule has 0 amide bonds. The van der Waals surface area contributed by atoms with Crippen LogP contribution in [-0.2, 0) is 16.9 Å². The molecule has 1 aromatic carbocycles. The van der Waals surface area contributed by atoms with E-state index >= 15 is 0 Å². The van der Waals surface area contributed by atoms with Crippen LogP contribution in [0.1, 0.15) is 36.8 Å². The average Bonchev–Trinajstić information content (AvgIpc) is 3.36. The Balaban J connectivity index is 1.51. The van der Waals surface area contributed by atoms with Gasteiger partial charge in [-0.25, -0.2) is 4.98 Å². The number of alkyl halides is 3. The lowest BCUT2D eigenvalue weighted by molar-refractivity contribution is -0.185. The number of hydrogen-bond donors (Lipinski definition) is 3. The van der Waals surface area contributed by atoms with Crippen LogP contribution in [-0.4, -0.2) is 66.6 Å². The summed E-state index contributed by atoms with van der Waals surface area (Å²) in [5.41, 5.74) is 7.19. The number of fused-ring (bicyclic) bond motifs is 1. The van der Waals surface area contributed by atoms with Crippen molar-refractivity contribution in [3.05, 3.63) is 46.2 Å². The molecule has 38 heavy (non-hydrogen) atoms. The number of pyridine rings is 1. The Hall–Kier alpha value is -2.31. The van der Waals surface area contributed by atoms with Crippen LogP contribution in [0.4, 0.5) is 13.2 Å². The molecule has 2 saturated heterocycles. The second-order valence-electron chi connectivity index (χ2n) is 10.2. The summed E-state index contributed by atoms with van der Waals surface area (Å²) in [5.74, 6) is -1.02. The van der Waals surface area contributed by atoms with Gasteiger partial charge in [-0.2, -0.15) is 13.2 Å². The van der Waals surface area contributed by atoms with Gasteiger partial charge in [0.15, 0.2) is 0 Å². The molecule has 0 spiro atoms. The number of ether oxygens (including phenoxy) is 2. The maximum Gasteiger partial charge on any atom is 0.391 e. The number of nitrogens with one attached hydrogen (secondary N) is 2. The Kier molecular flexibility index (Phi) is 7.67. The largest absolute Gasteiger partial charge is 0.481 e. The van der Waals surface area contributed by atoms with Crippen LogP contribution >= 0.6 is 11.6 Å². The first-order valence-electron chi connectivity index (χ1n) is 12.8. The zero-order chi connectivity index (χ0) is 27.1. The SMILES string of the molecule is COc1nc2ccc(C(O)(C3=CNNN3C)C3CCOCC3)cc2c(Cl)c1CN1CCC(C(F)(F)F)CC1. The normalized spacial score (nSPS) is 21.9. The standard InChI is InChI=1S/C26H33ClF3N5O3/c1-34-22(14-31-33-34)25(36,16-7-11-38-12-8-16)18-3-4-21-19(13-18)23(27)20(24(32-21)37-2)15-35-9-5-17(6-10-35)26(28,29)30/h3-4,13-14,16-17,31,33,36H,5-12,15H2,1-2H3. The van der Waals surface area contributed by atoms with Gasteiger partial charge in [0.2, 0.25) is 5.88 Å². The number of rotatable bonds is 6. The molecule has 3 N–H and O–H groups in total. The minimum atomic E-state index is -4.17. The van der Waals surface area contributed by atoms with E-state index < -0.39 is 17.7 Å². The van der Waals surface area contributed by atoms with Gasteiger partial charge in [0, 0.05) is 49.9 Å². The maximum atomic E-state index is 13.1. The lowest BCUT2D eigenvalue weighted by Crippen LogP contribution is -2.46. The first-order valence-corrected chi connectivity index (χ1v) is 13.2. The third-order valence-electron chi connectivity index (χ3n) is 8.05. The molecule has 0 saturated carbocycles. The molecule has 208 valence electrons. The number of aromatic nitrogens is 1. The van der Waals surface area contributed by atoms with Crippen molar-refractivity contribution < 1.29 is 27.8 Å². The van der Waals surface area contributed by atoms with E-state index in [9.17, 15) is 18.3 Å². The number of nitrogens with zero attached hydrogens (tertiary/aromatic N) is 3. The van der Waals surface area contributed by atoms with Gasteiger partial charge >= 0.3 is 6.18 Å². The van der Waals surface area contributed by atoms with E-state index in [0.29, 0.717) is 84.3 Å². The molecule has 12 heteroatoms. The minimum absolute atomic E-state index is 0.0530. The predicted molar refractivity (Wildman–Crippen MR) is 137 cm³/mol. The number of aliphatic hydroxyl groups is 1. The van der Waals surface area contributed by atoms with Crippen molar-refractivity contribution >= 4 is 22.5 Å². The predicted octanol–water partition coefficient (Wildman–Crippen LogP) is 4.08. The van der Waals surface area contributed by atoms with Crippen molar-refractivity contribution in [2.45, 2.75) is 44.0 Å². The molecule has 1 atom stereocenters. The lowest BCUT2D eigenvalue weighted by atomic mass is 9.74. The summed E-state index contributed by atoms with van der Waals surface area (Å²) in [6, 6.07) is 5.54. The van der Waals surface area contributed by atoms with Gasteiger partial charge in [-0.15, -0.1) is 5.53 Å². The molecule has 0 bridgehead atoms. The van der Waals surface area contributed by atoms with Gasteiger partial charge < -0.3 is 20.0 Å². The highest BCUT2D eigenvalue weighted by molar-refractivity contribution is 6.36. The second-order valence-corrected chi connectivity index (χ2v) is 10.6. The lowest BCUT2D eigenvalue weighted by Gasteiger charge is -2.41. The van der Waals surface area contributed by atoms with E-state index in [-0.39, 0.29) is 18.8 Å². The zero-order valence-electron chi connectivity index (χ0n) is 21.4. The first kappa shape index (κ1) is 27.3. The molecule has 0 aliphatic carbocycles. The Labute approximate surface area is 224 Å². The summed E-state index contributed by atoms with van der Waals surface area (Å²) in [6.45, 7) is 2.07. The number of likely N-dealkylation sites (tertiary alicyclic amines) is 1. The Morgan fingerprint density at radius 3 is 2.47 bits per heavy atom. The van der Waals surface area contributed by atoms with Crippen LogP contribution in [0.5, 0.6) is 5.88 Å². The third-order valence-corrected chi connectivity index (χ3v) is 8.48. The Morgan fingerprint density at radius 1 is 1.16 bits per heavy atom. The van der Waals surface area contributed by atoms with Gasteiger partial charge in [-0.05, 0) is 56.5 Å². The number of likely N-dealkylation sites (N-methyl/N-ethyl adjacent to an activating group) is 1. The van der Waals surface area contributed by atoms with Crippen LogP contribution in [0.25, 0.3) is 10.9 Å². The molecule has 3 aliphatic rings. The maximum absolute atomic E-state index is 13.1. The smallest absolute Gasteiger partial charge is 0.391 e. The number of piperidine rings is 1. The van der Waals surface area contributed by atoms with Crippen LogP contribution in [0.2, 0.25) is 5.02 Å². The molecule has 1 aromatic heterocycles. The Bertz CT molecular complexity index is 1200. The van der Waals surface area contributed by atoms with E-state index in [2.05, 4.69) is 15.9 Å². The fourth-order valence-corrected chi connectivity index (χ4v) is 6.15. The molecule has 5 rings (SSSR count). The third kappa shape index (κ3) is 5.02. The monoisotopic (exact) mass is 555 g/mol. The topological polar surface area (TPSA) is 82.1 Å². The zero-order valence-corrected chi connectivity index (χ0v) is 22.2. The molecule has 0 radical (unpaired) electrons. The van der Waals surface area contributed by atoms with Gasteiger partial charge in [0.05, 0.1) is 29.3 Å². The summed E-state index contributed by atoms with van der Waals surface area (Å²) < 4.78 is 50.5. The molecule has 4 heterocycles. The average molecular weight is 556 g/mol. The van der Waals surface area contributed by atoms with Gasteiger partial charge in [-0.3, -0.25) is 9.91 Å². The van der Waals surface area contributed by atoms with Crippen molar-refractivity contribution in [3.63, 3.8) is 0 Å². The number of hydrogen-bond acceptors (Lipinski definition) is 8. The molecule has 1 unspecified atom stereocenters. The van der Waals surface area contributed by atoms with Crippen molar-refractivity contribution in [2.24, 2.45) is 11.8 Å². The Morgan fingerprint density at radius 2 is 1.87 bits per heavy atom. The van der Waals surface area contributed by atoms with Crippen molar-refractivity contribution in [2.75, 3.05) is 40.5 Å². The van der Waals surface area contributed by atoms with Crippen molar-refractivity contribution in [1.29, 1.82) is 0 Å². The van der Waals surface area contributed by atoms with E-state index in [4.69, 9.17) is 21.1 Å². The van der Waals surface area contributed by atoms with Gasteiger partial charge in [0.25, 0.3) is 0 Å². The summed E-state index contributed by atoms with van der Waals surface area (Å²) in [4.78, 5) is 6.61. The highest BCUT2D eigenvalue weighted by Crippen LogP contribution is 2.45.